The summed E-state index contributed by atoms with van der Waals surface area (Å²) in [6.45, 7) is -0.00345. The summed E-state index contributed by atoms with van der Waals surface area (Å²) in [6.07, 6.45) is 2.98. The standard InChI is InChI=1S/C16H14N4O4/c21-15(9-18-16(22)12-3-1-2-6-17-12)20-19-8-11-4-5-13-14(7-11)24-10-23-13/h1-8H,9-10H2,(H,18,22)(H,20,21)/b19-8+. The van der Waals surface area contributed by atoms with Crippen molar-refractivity contribution in [1.29, 1.82) is 0 Å². The van der Waals surface area contributed by atoms with Crippen molar-refractivity contribution in [2.45, 2.75) is 0 Å². The maximum atomic E-state index is 11.7. The van der Waals surface area contributed by atoms with E-state index >= 15 is 0 Å². The lowest BCUT2D eigenvalue weighted by Crippen LogP contribution is -2.35. The Morgan fingerprint density at radius 1 is 1.21 bits per heavy atom. The third-order valence-electron chi connectivity index (χ3n) is 3.11. The molecule has 3 rings (SSSR count). The molecule has 2 N–H and O–H groups in total. The highest BCUT2D eigenvalue weighted by molar-refractivity contribution is 5.94. The highest BCUT2D eigenvalue weighted by atomic mass is 16.7. The average molecular weight is 326 g/mol. The Morgan fingerprint density at radius 3 is 2.92 bits per heavy atom. The molecule has 2 aromatic rings. The minimum Gasteiger partial charge on any atom is -0.454 e. The minimum atomic E-state index is -0.448. The van der Waals surface area contributed by atoms with Crippen molar-refractivity contribution < 1.29 is 19.1 Å². The van der Waals surface area contributed by atoms with Crippen LogP contribution in [0.5, 0.6) is 11.5 Å². The first-order chi connectivity index (χ1) is 11.7. The van der Waals surface area contributed by atoms with Crippen molar-refractivity contribution in [2.75, 3.05) is 13.3 Å². The van der Waals surface area contributed by atoms with Crippen LogP contribution in [0.1, 0.15) is 16.1 Å². The van der Waals surface area contributed by atoms with E-state index in [1.807, 2.05) is 0 Å². The van der Waals surface area contributed by atoms with E-state index in [0.717, 1.165) is 5.56 Å². The number of ether oxygens (including phenoxy) is 2. The van der Waals surface area contributed by atoms with Crippen LogP contribution in [0, 0.1) is 0 Å². The van der Waals surface area contributed by atoms with E-state index in [4.69, 9.17) is 9.47 Å². The van der Waals surface area contributed by atoms with Gasteiger partial charge in [0.05, 0.1) is 12.8 Å². The molecule has 0 unspecified atom stereocenters. The smallest absolute Gasteiger partial charge is 0.270 e. The van der Waals surface area contributed by atoms with Gasteiger partial charge in [-0.25, -0.2) is 5.43 Å². The van der Waals surface area contributed by atoms with Crippen LogP contribution >= 0.6 is 0 Å². The lowest BCUT2D eigenvalue weighted by atomic mass is 10.2. The predicted octanol–water partition coefficient (Wildman–Crippen LogP) is 0.690. The second kappa shape index (κ2) is 7.23. The summed E-state index contributed by atoms with van der Waals surface area (Å²) in [4.78, 5) is 27.3. The number of benzene rings is 1. The first kappa shape index (κ1) is 15.5. The first-order valence-corrected chi connectivity index (χ1v) is 7.13. The summed E-state index contributed by atoms with van der Waals surface area (Å²) in [5.74, 6) is 0.433. The summed E-state index contributed by atoms with van der Waals surface area (Å²) in [5, 5.41) is 6.29. The predicted molar refractivity (Wildman–Crippen MR) is 84.9 cm³/mol. The maximum Gasteiger partial charge on any atom is 0.270 e. The number of amides is 2. The third-order valence-corrected chi connectivity index (χ3v) is 3.11. The molecule has 2 heterocycles. The molecule has 0 aliphatic carbocycles. The maximum absolute atomic E-state index is 11.7. The Morgan fingerprint density at radius 2 is 2.08 bits per heavy atom. The SMILES string of the molecule is O=C(CNC(=O)c1ccccn1)N/N=C/c1ccc2c(c1)OCO2. The monoisotopic (exact) mass is 326 g/mol. The number of pyridine rings is 1. The van der Waals surface area contributed by atoms with Gasteiger partial charge < -0.3 is 14.8 Å². The van der Waals surface area contributed by atoms with Gasteiger partial charge in [-0.3, -0.25) is 14.6 Å². The number of hydrogen-bond acceptors (Lipinski definition) is 6. The van der Waals surface area contributed by atoms with E-state index in [1.54, 1.807) is 36.4 Å². The Balaban J connectivity index is 1.46. The molecule has 8 heteroatoms. The number of aromatic nitrogens is 1. The van der Waals surface area contributed by atoms with Gasteiger partial charge in [0.25, 0.3) is 11.8 Å². The molecular weight excluding hydrogens is 312 g/mol. The molecule has 0 saturated heterocycles. The van der Waals surface area contributed by atoms with Gasteiger partial charge in [0.15, 0.2) is 11.5 Å². The molecule has 0 radical (unpaired) electrons. The third kappa shape index (κ3) is 3.86. The molecule has 0 saturated carbocycles. The molecule has 0 bridgehead atoms. The highest BCUT2D eigenvalue weighted by Gasteiger charge is 2.12. The van der Waals surface area contributed by atoms with Crippen molar-refractivity contribution >= 4 is 18.0 Å². The topological polar surface area (TPSA) is 102 Å². The van der Waals surface area contributed by atoms with Crippen molar-refractivity contribution in [2.24, 2.45) is 5.10 Å². The zero-order chi connectivity index (χ0) is 16.8. The second-order valence-corrected chi connectivity index (χ2v) is 4.80. The molecule has 1 aromatic carbocycles. The Bertz CT molecular complexity index is 777. The van der Waals surface area contributed by atoms with Crippen LogP contribution in [0.25, 0.3) is 0 Å². The van der Waals surface area contributed by atoms with Crippen LogP contribution in [0.3, 0.4) is 0 Å². The molecule has 2 amide bonds. The summed E-state index contributed by atoms with van der Waals surface area (Å²) in [6, 6.07) is 10.3. The molecule has 122 valence electrons. The molecule has 0 atom stereocenters. The van der Waals surface area contributed by atoms with Crippen molar-refractivity contribution in [1.82, 2.24) is 15.7 Å². The molecular formula is C16H14N4O4. The van der Waals surface area contributed by atoms with Crippen LogP contribution in [0.15, 0.2) is 47.7 Å². The highest BCUT2D eigenvalue weighted by Crippen LogP contribution is 2.31. The lowest BCUT2D eigenvalue weighted by molar-refractivity contribution is -0.120. The number of hydrazone groups is 1. The van der Waals surface area contributed by atoms with Gasteiger partial charge in [-0.1, -0.05) is 6.07 Å². The number of carbonyl (C=O) groups excluding carboxylic acids is 2. The van der Waals surface area contributed by atoms with E-state index in [-0.39, 0.29) is 19.0 Å². The summed E-state index contributed by atoms with van der Waals surface area (Å²) in [5.41, 5.74) is 3.32. The van der Waals surface area contributed by atoms with E-state index in [0.29, 0.717) is 11.5 Å². The molecule has 0 fully saturated rings. The van der Waals surface area contributed by atoms with Gasteiger partial charge in [-0.15, -0.1) is 0 Å². The number of nitrogens with zero attached hydrogens (tertiary/aromatic N) is 2. The zero-order valence-electron chi connectivity index (χ0n) is 12.6. The van der Waals surface area contributed by atoms with Gasteiger partial charge in [0.2, 0.25) is 6.79 Å². The van der Waals surface area contributed by atoms with E-state index < -0.39 is 11.8 Å². The van der Waals surface area contributed by atoms with Crippen molar-refractivity contribution in [3.05, 3.63) is 53.9 Å². The number of nitrogens with one attached hydrogen (secondary N) is 2. The Hall–Kier alpha value is -3.42. The normalized spacial score (nSPS) is 12.2. The largest absolute Gasteiger partial charge is 0.454 e. The van der Waals surface area contributed by atoms with Crippen molar-refractivity contribution in [3.63, 3.8) is 0 Å². The molecule has 24 heavy (non-hydrogen) atoms. The Kier molecular flexibility index (Phi) is 4.66. The van der Waals surface area contributed by atoms with Gasteiger partial charge in [0, 0.05) is 6.20 Å². The molecule has 0 spiro atoms. The zero-order valence-corrected chi connectivity index (χ0v) is 12.6. The van der Waals surface area contributed by atoms with E-state index in [9.17, 15) is 9.59 Å². The quantitative estimate of drug-likeness (QED) is 0.622. The summed E-state index contributed by atoms with van der Waals surface area (Å²) in [7, 11) is 0. The average Bonchev–Trinajstić information content (AvgIpc) is 3.08. The molecule has 8 nitrogen and oxygen atoms in total. The van der Waals surface area contributed by atoms with Crippen LogP contribution in [0.2, 0.25) is 0 Å². The van der Waals surface area contributed by atoms with Crippen LogP contribution in [-0.4, -0.2) is 36.4 Å². The molecule has 1 aliphatic rings. The molecule has 1 aliphatic heterocycles. The fraction of sp³-hybridized carbons (Fsp3) is 0.125. The van der Waals surface area contributed by atoms with Gasteiger partial charge in [-0.2, -0.15) is 5.10 Å². The lowest BCUT2D eigenvalue weighted by Gasteiger charge is -2.03. The first-order valence-electron chi connectivity index (χ1n) is 7.13. The second-order valence-electron chi connectivity index (χ2n) is 4.80. The minimum absolute atomic E-state index is 0.197. The van der Waals surface area contributed by atoms with E-state index in [1.165, 1.54) is 12.4 Å². The van der Waals surface area contributed by atoms with Crippen LogP contribution in [-0.2, 0) is 4.79 Å². The van der Waals surface area contributed by atoms with Crippen LogP contribution in [0.4, 0.5) is 0 Å². The fourth-order valence-corrected chi connectivity index (χ4v) is 1.96. The number of fused-ring (bicyclic) bond motifs is 1. The fourth-order valence-electron chi connectivity index (χ4n) is 1.96. The summed E-state index contributed by atoms with van der Waals surface area (Å²) >= 11 is 0. The van der Waals surface area contributed by atoms with Gasteiger partial charge >= 0.3 is 0 Å². The van der Waals surface area contributed by atoms with Gasteiger partial charge in [0.1, 0.15) is 5.69 Å². The number of rotatable bonds is 5. The van der Waals surface area contributed by atoms with E-state index in [2.05, 4.69) is 20.8 Å². The summed E-state index contributed by atoms with van der Waals surface area (Å²) < 4.78 is 10.5. The van der Waals surface area contributed by atoms with Crippen molar-refractivity contribution in [3.8, 4) is 11.5 Å². The molecule has 1 aromatic heterocycles. The van der Waals surface area contributed by atoms with Gasteiger partial charge in [-0.05, 0) is 35.9 Å². The van der Waals surface area contributed by atoms with Crippen LogP contribution < -0.4 is 20.2 Å². The Labute approximate surface area is 137 Å². The number of carbonyl (C=O) groups is 2. The number of hydrogen-bond donors (Lipinski definition) is 2.